The van der Waals surface area contributed by atoms with Gasteiger partial charge in [0.25, 0.3) is 11.8 Å². The molecule has 0 atom stereocenters. The summed E-state index contributed by atoms with van der Waals surface area (Å²) < 4.78 is 10.7. The smallest absolute Gasteiger partial charge is 0.253 e. The van der Waals surface area contributed by atoms with Crippen LogP contribution in [0, 0.1) is 0 Å². The summed E-state index contributed by atoms with van der Waals surface area (Å²) in [6.45, 7) is 1.42. The highest BCUT2D eigenvalue weighted by Gasteiger charge is 2.54. The van der Waals surface area contributed by atoms with E-state index in [9.17, 15) is 14.4 Å². The van der Waals surface area contributed by atoms with Crippen LogP contribution >= 0.6 is 23.2 Å². The van der Waals surface area contributed by atoms with Gasteiger partial charge in [-0.25, -0.2) is 0 Å². The molecule has 0 aromatic heterocycles. The number of nitrogens with one attached hydrogen (secondary N) is 1. The van der Waals surface area contributed by atoms with E-state index in [1.165, 1.54) is 0 Å². The normalized spacial score (nSPS) is 16.0. The number of halogens is 2. The zero-order valence-corrected chi connectivity index (χ0v) is 25.7. The molecule has 9 nitrogen and oxygen atoms in total. The highest BCUT2D eigenvalue weighted by atomic mass is 35.5. The lowest BCUT2D eigenvalue weighted by atomic mass is 9.85. The van der Waals surface area contributed by atoms with Crippen LogP contribution in [0.3, 0.4) is 0 Å². The Morgan fingerprint density at radius 1 is 0.907 bits per heavy atom. The van der Waals surface area contributed by atoms with E-state index >= 15 is 0 Å². The Morgan fingerprint density at radius 2 is 1.63 bits per heavy atom. The number of ether oxygens (including phenoxy) is 2. The van der Waals surface area contributed by atoms with Crippen LogP contribution in [0.4, 0.5) is 5.69 Å². The highest BCUT2D eigenvalue weighted by molar-refractivity contribution is 6.42. The molecule has 11 heteroatoms. The van der Waals surface area contributed by atoms with Crippen LogP contribution in [-0.4, -0.2) is 80.1 Å². The monoisotopic (exact) mass is 624 g/mol. The van der Waals surface area contributed by atoms with Gasteiger partial charge >= 0.3 is 0 Å². The van der Waals surface area contributed by atoms with Crippen LogP contribution in [-0.2, 0) is 16.0 Å². The molecule has 0 radical (unpaired) electrons. The third-order valence-electron chi connectivity index (χ3n) is 8.14. The summed E-state index contributed by atoms with van der Waals surface area (Å²) in [6.07, 6.45) is 1.47. The van der Waals surface area contributed by atoms with Gasteiger partial charge in [0, 0.05) is 30.9 Å². The van der Waals surface area contributed by atoms with Crippen LogP contribution in [0.5, 0.6) is 11.5 Å². The van der Waals surface area contributed by atoms with Crippen molar-refractivity contribution < 1.29 is 23.9 Å². The van der Waals surface area contributed by atoms with Gasteiger partial charge in [0.2, 0.25) is 5.91 Å². The molecule has 3 amide bonds. The quantitative estimate of drug-likeness (QED) is 0.373. The molecule has 226 valence electrons. The molecule has 2 heterocycles. The molecule has 1 N–H and O–H groups in total. The number of anilines is 1. The van der Waals surface area contributed by atoms with E-state index in [2.05, 4.69) is 10.2 Å². The van der Waals surface area contributed by atoms with Gasteiger partial charge in [-0.2, -0.15) is 0 Å². The molecule has 43 heavy (non-hydrogen) atoms. The molecular formula is C32H34Cl2N4O5. The Kier molecular flexibility index (Phi) is 9.32. The first-order chi connectivity index (χ1) is 20.8. The topological polar surface area (TPSA) is 91.4 Å². The average Bonchev–Trinajstić information content (AvgIpc) is 3.28. The zero-order valence-electron chi connectivity index (χ0n) is 24.1. The predicted octanol–water partition coefficient (Wildman–Crippen LogP) is 4.65. The summed E-state index contributed by atoms with van der Waals surface area (Å²) in [5.74, 6) is 0.782. The molecular weight excluding hydrogens is 591 g/mol. The molecule has 3 aromatic carbocycles. The maximum Gasteiger partial charge on any atom is 0.253 e. The second-order valence-electron chi connectivity index (χ2n) is 10.7. The highest BCUT2D eigenvalue weighted by Crippen LogP contribution is 2.40. The fourth-order valence-electron chi connectivity index (χ4n) is 5.83. The lowest BCUT2D eigenvalue weighted by molar-refractivity contribution is -0.137. The first kappa shape index (κ1) is 30.5. The van der Waals surface area contributed by atoms with Crippen LogP contribution in [0.1, 0.15) is 28.8 Å². The number of benzene rings is 3. The number of hydrogen-bond donors (Lipinski definition) is 1. The fourth-order valence-corrected chi connectivity index (χ4v) is 6.12. The first-order valence-corrected chi connectivity index (χ1v) is 14.9. The molecule has 2 aliphatic heterocycles. The maximum absolute atomic E-state index is 14.0. The lowest BCUT2D eigenvalue weighted by Crippen LogP contribution is -2.57. The van der Waals surface area contributed by atoms with Gasteiger partial charge in [0.1, 0.15) is 12.1 Å². The molecule has 2 fully saturated rings. The Bertz CT molecular complexity index is 1490. The summed E-state index contributed by atoms with van der Waals surface area (Å²) in [6, 6.07) is 20.2. The van der Waals surface area contributed by atoms with Crippen molar-refractivity contribution in [2.45, 2.75) is 24.8 Å². The first-order valence-electron chi connectivity index (χ1n) is 14.1. The molecule has 0 unspecified atom stereocenters. The van der Waals surface area contributed by atoms with Crippen molar-refractivity contribution in [1.29, 1.82) is 0 Å². The third kappa shape index (κ3) is 6.38. The van der Waals surface area contributed by atoms with Crippen LogP contribution in [0.15, 0.2) is 66.7 Å². The molecule has 2 aliphatic rings. The summed E-state index contributed by atoms with van der Waals surface area (Å²) in [5.41, 5.74) is 1.49. The van der Waals surface area contributed by atoms with Gasteiger partial charge in [-0.1, -0.05) is 47.5 Å². The fraction of sp³-hybridized carbons (Fsp3) is 0.344. The Morgan fingerprint density at radius 3 is 2.30 bits per heavy atom. The van der Waals surface area contributed by atoms with E-state index in [-0.39, 0.29) is 30.9 Å². The van der Waals surface area contributed by atoms with E-state index < -0.39 is 5.54 Å². The number of carbonyl (C=O) groups is 3. The number of carbonyl (C=O) groups excluding carboxylic acids is 3. The molecule has 0 bridgehead atoms. The molecule has 2 saturated heterocycles. The molecule has 1 spiro atoms. The van der Waals surface area contributed by atoms with E-state index in [1.807, 2.05) is 48.5 Å². The molecule has 3 aromatic rings. The number of rotatable bonds is 9. The second-order valence-corrected chi connectivity index (χ2v) is 11.5. The predicted molar refractivity (Wildman–Crippen MR) is 166 cm³/mol. The van der Waals surface area contributed by atoms with Gasteiger partial charge in [-0.15, -0.1) is 0 Å². The van der Waals surface area contributed by atoms with E-state index in [1.54, 1.807) is 42.2 Å². The van der Waals surface area contributed by atoms with Crippen molar-refractivity contribution in [1.82, 2.24) is 15.1 Å². The molecule has 0 saturated carbocycles. The summed E-state index contributed by atoms with van der Waals surface area (Å²) in [4.78, 5) is 45.6. The number of nitrogens with zero attached hydrogens (tertiary/aromatic N) is 3. The standard InChI is InChI=1S/C32H34Cl2N4O5/c1-42-27-11-8-22(18-28(27)43-2)12-15-35-29(39)20-37-21-38(24-6-4-3-5-7-24)32(31(37)41)13-16-36(17-14-32)30(40)23-9-10-25(33)26(34)19-23/h3-11,18-19H,12-17,20-21H2,1-2H3,(H,35,39). The van der Waals surface area contributed by atoms with Crippen molar-refractivity contribution in [2.24, 2.45) is 0 Å². The van der Waals surface area contributed by atoms with E-state index in [4.69, 9.17) is 32.7 Å². The number of para-hydroxylation sites is 1. The summed E-state index contributed by atoms with van der Waals surface area (Å²) in [7, 11) is 3.17. The van der Waals surface area contributed by atoms with Crippen molar-refractivity contribution >= 4 is 46.6 Å². The van der Waals surface area contributed by atoms with Crippen LogP contribution in [0.25, 0.3) is 0 Å². The SMILES string of the molecule is COc1ccc(CCNC(=O)CN2CN(c3ccccc3)C3(CCN(C(=O)c4ccc(Cl)c(Cl)c4)CC3)C2=O)cc1OC. The summed E-state index contributed by atoms with van der Waals surface area (Å²) >= 11 is 12.2. The number of piperidine rings is 1. The third-order valence-corrected chi connectivity index (χ3v) is 8.88. The van der Waals surface area contributed by atoms with Crippen molar-refractivity contribution in [3.63, 3.8) is 0 Å². The van der Waals surface area contributed by atoms with E-state index in [0.29, 0.717) is 66.0 Å². The number of hydrogen-bond acceptors (Lipinski definition) is 6. The molecule has 5 rings (SSSR count). The van der Waals surface area contributed by atoms with Gasteiger partial charge in [-0.3, -0.25) is 14.4 Å². The second kappa shape index (κ2) is 13.1. The van der Waals surface area contributed by atoms with Gasteiger partial charge in [0.05, 0.1) is 30.9 Å². The minimum atomic E-state index is -0.851. The summed E-state index contributed by atoms with van der Waals surface area (Å²) in [5, 5.41) is 3.65. The van der Waals surface area contributed by atoms with E-state index in [0.717, 1.165) is 11.3 Å². The van der Waals surface area contributed by atoms with Crippen LogP contribution in [0.2, 0.25) is 10.0 Å². The molecule has 0 aliphatic carbocycles. The Hall–Kier alpha value is -3.95. The minimum absolute atomic E-state index is 0.0538. The number of amides is 3. The lowest BCUT2D eigenvalue weighted by Gasteiger charge is -2.43. The minimum Gasteiger partial charge on any atom is -0.493 e. The number of likely N-dealkylation sites (tertiary alicyclic amines) is 1. The van der Waals surface area contributed by atoms with Crippen LogP contribution < -0.4 is 19.7 Å². The van der Waals surface area contributed by atoms with Crippen molar-refractivity contribution in [2.75, 3.05) is 52.0 Å². The van der Waals surface area contributed by atoms with Crippen molar-refractivity contribution in [3.05, 3.63) is 87.9 Å². The Labute approximate surface area is 261 Å². The largest absolute Gasteiger partial charge is 0.493 e. The van der Waals surface area contributed by atoms with Gasteiger partial charge in [-0.05, 0) is 67.3 Å². The zero-order chi connectivity index (χ0) is 30.6. The Balaban J connectivity index is 1.24. The average molecular weight is 626 g/mol. The maximum atomic E-state index is 14.0. The van der Waals surface area contributed by atoms with Crippen molar-refractivity contribution in [3.8, 4) is 11.5 Å². The number of methoxy groups -OCH3 is 2. The van der Waals surface area contributed by atoms with Gasteiger partial charge in [0.15, 0.2) is 11.5 Å². The van der Waals surface area contributed by atoms with Gasteiger partial charge < -0.3 is 29.5 Å².